The summed E-state index contributed by atoms with van der Waals surface area (Å²) in [5.74, 6) is 0.397. The third-order valence-corrected chi connectivity index (χ3v) is 3.77. The Hall–Kier alpha value is -1.84. The van der Waals surface area contributed by atoms with Crippen LogP contribution in [0.1, 0.15) is 43.9 Å². The number of hydrogen-bond donors (Lipinski definition) is 1. The van der Waals surface area contributed by atoms with Crippen molar-refractivity contribution in [2.45, 2.75) is 45.2 Å². The molecule has 0 fully saturated rings. The van der Waals surface area contributed by atoms with Crippen LogP contribution in [0.4, 0.5) is 5.69 Å². The number of hydrogen-bond acceptors (Lipinski definition) is 3. The van der Waals surface area contributed by atoms with Gasteiger partial charge in [-0.2, -0.15) is 0 Å². The van der Waals surface area contributed by atoms with Gasteiger partial charge in [-0.3, -0.25) is 0 Å². The van der Waals surface area contributed by atoms with Crippen molar-refractivity contribution in [3.63, 3.8) is 0 Å². The highest BCUT2D eigenvalue weighted by atomic mass is 15.4. The third-order valence-electron chi connectivity index (χ3n) is 3.77. The molecule has 0 saturated carbocycles. The van der Waals surface area contributed by atoms with E-state index in [1.807, 2.05) is 6.20 Å². The molecular formula is C15H20N4. The monoisotopic (exact) mass is 256 g/mol. The molecule has 1 aromatic heterocycles. The van der Waals surface area contributed by atoms with Gasteiger partial charge in [-0.05, 0) is 31.4 Å². The highest BCUT2D eigenvalue weighted by molar-refractivity contribution is 5.57. The van der Waals surface area contributed by atoms with Crippen LogP contribution in [0.3, 0.4) is 0 Å². The fourth-order valence-corrected chi connectivity index (χ4v) is 2.94. The van der Waals surface area contributed by atoms with E-state index in [0.29, 0.717) is 12.0 Å². The molecule has 3 rings (SSSR count). The summed E-state index contributed by atoms with van der Waals surface area (Å²) in [6.45, 7) is 5.34. The number of aromatic nitrogens is 3. The van der Waals surface area contributed by atoms with E-state index in [1.54, 1.807) is 0 Å². The number of nitrogens with one attached hydrogen (secondary N) is 1. The van der Waals surface area contributed by atoms with Crippen LogP contribution in [-0.2, 0) is 6.54 Å². The van der Waals surface area contributed by atoms with Crippen molar-refractivity contribution in [2.75, 3.05) is 5.32 Å². The summed E-state index contributed by atoms with van der Waals surface area (Å²) in [6, 6.07) is 9.04. The molecule has 0 saturated heterocycles. The van der Waals surface area contributed by atoms with Gasteiger partial charge in [-0.1, -0.05) is 30.3 Å². The van der Waals surface area contributed by atoms with E-state index in [9.17, 15) is 0 Å². The molecule has 2 atom stereocenters. The molecule has 2 aromatic rings. The van der Waals surface area contributed by atoms with Crippen molar-refractivity contribution in [3.8, 4) is 0 Å². The first-order valence-electron chi connectivity index (χ1n) is 7.03. The van der Waals surface area contributed by atoms with Crippen LogP contribution >= 0.6 is 0 Å². The van der Waals surface area contributed by atoms with Gasteiger partial charge in [-0.15, -0.1) is 5.10 Å². The first kappa shape index (κ1) is 12.2. The van der Waals surface area contributed by atoms with Crippen LogP contribution in [-0.4, -0.2) is 21.0 Å². The molecule has 100 valence electrons. The lowest BCUT2D eigenvalue weighted by Gasteiger charge is -2.31. The van der Waals surface area contributed by atoms with Gasteiger partial charge in [0.15, 0.2) is 0 Å². The van der Waals surface area contributed by atoms with Crippen molar-refractivity contribution in [1.82, 2.24) is 15.0 Å². The Morgan fingerprint density at radius 1 is 1.37 bits per heavy atom. The average molecular weight is 256 g/mol. The van der Waals surface area contributed by atoms with Gasteiger partial charge in [0.1, 0.15) is 0 Å². The molecular weight excluding hydrogens is 236 g/mol. The highest BCUT2D eigenvalue weighted by Crippen LogP contribution is 2.38. The summed E-state index contributed by atoms with van der Waals surface area (Å²) in [6.07, 6.45) is 4.10. The van der Waals surface area contributed by atoms with Crippen molar-refractivity contribution in [1.29, 1.82) is 0 Å². The fourth-order valence-electron chi connectivity index (χ4n) is 2.94. The van der Waals surface area contributed by atoms with E-state index >= 15 is 0 Å². The Kier molecular flexibility index (Phi) is 3.23. The minimum Gasteiger partial charge on any atom is -0.382 e. The molecule has 4 heteroatoms. The Morgan fingerprint density at radius 2 is 2.21 bits per heavy atom. The van der Waals surface area contributed by atoms with Crippen molar-refractivity contribution in [2.24, 2.45) is 0 Å². The molecule has 0 spiro atoms. The second-order valence-electron chi connectivity index (χ2n) is 5.30. The van der Waals surface area contributed by atoms with Gasteiger partial charge in [0.25, 0.3) is 0 Å². The molecule has 1 aromatic carbocycles. The second kappa shape index (κ2) is 5.03. The molecule has 1 N–H and O–H groups in total. The van der Waals surface area contributed by atoms with Crippen LogP contribution in [0.2, 0.25) is 0 Å². The zero-order valence-corrected chi connectivity index (χ0v) is 11.5. The Labute approximate surface area is 113 Å². The zero-order chi connectivity index (χ0) is 13.2. The standard InChI is InChI=1S/C15H20N4/c1-3-8-19-15(10-16-18-19)13-9-11(2)17-14-7-5-4-6-12(13)14/h4-7,10-11,13,17H,3,8-9H2,1-2H3. The number of benzene rings is 1. The summed E-state index contributed by atoms with van der Waals surface area (Å²) >= 11 is 0. The summed E-state index contributed by atoms with van der Waals surface area (Å²) in [4.78, 5) is 0. The van der Waals surface area contributed by atoms with Gasteiger partial charge < -0.3 is 5.32 Å². The molecule has 1 aliphatic rings. The lowest BCUT2D eigenvalue weighted by molar-refractivity contribution is 0.514. The second-order valence-corrected chi connectivity index (χ2v) is 5.30. The number of fused-ring (bicyclic) bond motifs is 1. The van der Waals surface area contributed by atoms with Gasteiger partial charge in [-0.25, -0.2) is 4.68 Å². The molecule has 4 nitrogen and oxygen atoms in total. The van der Waals surface area contributed by atoms with Gasteiger partial charge in [0.2, 0.25) is 0 Å². The van der Waals surface area contributed by atoms with E-state index < -0.39 is 0 Å². The number of para-hydroxylation sites is 1. The van der Waals surface area contributed by atoms with E-state index in [4.69, 9.17) is 0 Å². The van der Waals surface area contributed by atoms with Crippen LogP contribution < -0.4 is 5.32 Å². The number of nitrogens with zero attached hydrogens (tertiary/aromatic N) is 3. The average Bonchev–Trinajstić information content (AvgIpc) is 2.86. The molecule has 19 heavy (non-hydrogen) atoms. The predicted octanol–water partition coefficient (Wildman–Crippen LogP) is 3.02. The maximum Gasteiger partial charge on any atom is 0.0731 e. The van der Waals surface area contributed by atoms with Crippen molar-refractivity contribution in [3.05, 3.63) is 41.7 Å². The lowest BCUT2D eigenvalue weighted by atomic mass is 9.85. The van der Waals surface area contributed by atoms with Crippen molar-refractivity contribution >= 4 is 5.69 Å². The molecule has 0 aliphatic carbocycles. The van der Waals surface area contributed by atoms with Crippen LogP contribution in [0.15, 0.2) is 30.5 Å². The van der Waals surface area contributed by atoms with Crippen LogP contribution in [0, 0.1) is 0 Å². The number of aryl methyl sites for hydroxylation is 1. The SMILES string of the molecule is CCCn1nncc1C1CC(C)Nc2ccccc21. The molecule has 0 bridgehead atoms. The van der Waals surface area contributed by atoms with E-state index in [0.717, 1.165) is 19.4 Å². The first-order valence-corrected chi connectivity index (χ1v) is 7.03. The number of rotatable bonds is 3. The maximum absolute atomic E-state index is 4.23. The Morgan fingerprint density at radius 3 is 3.05 bits per heavy atom. The quantitative estimate of drug-likeness (QED) is 0.918. The molecule has 0 amide bonds. The molecule has 0 radical (unpaired) electrons. The molecule has 1 aliphatic heterocycles. The molecule has 2 unspecified atom stereocenters. The normalized spacial score (nSPS) is 21.8. The topological polar surface area (TPSA) is 42.7 Å². The lowest BCUT2D eigenvalue weighted by Crippen LogP contribution is -2.27. The van der Waals surface area contributed by atoms with E-state index in [2.05, 4.69) is 58.4 Å². The van der Waals surface area contributed by atoms with Crippen LogP contribution in [0.5, 0.6) is 0 Å². The Balaban J connectivity index is 2.02. The minimum absolute atomic E-state index is 0.397. The predicted molar refractivity (Wildman–Crippen MR) is 76.3 cm³/mol. The minimum atomic E-state index is 0.397. The fraction of sp³-hybridized carbons (Fsp3) is 0.467. The smallest absolute Gasteiger partial charge is 0.0731 e. The third kappa shape index (κ3) is 2.23. The van der Waals surface area contributed by atoms with Crippen molar-refractivity contribution < 1.29 is 0 Å². The Bertz CT molecular complexity index is 561. The van der Waals surface area contributed by atoms with E-state index in [-0.39, 0.29) is 0 Å². The zero-order valence-electron chi connectivity index (χ0n) is 11.5. The summed E-state index contributed by atoms with van der Waals surface area (Å²) < 4.78 is 2.06. The van der Waals surface area contributed by atoms with E-state index in [1.165, 1.54) is 16.9 Å². The van der Waals surface area contributed by atoms with Crippen LogP contribution in [0.25, 0.3) is 0 Å². The number of anilines is 1. The summed E-state index contributed by atoms with van der Waals surface area (Å²) in [7, 11) is 0. The summed E-state index contributed by atoms with van der Waals surface area (Å²) in [5, 5.41) is 11.9. The van der Waals surface area contributed by atoms with Gasteiger partial charge in [0, 0.05) is 24.2 Å². The first-order chi connectivity index (χ1) is 9.29. The van der Waals surface area contributed by atoms with Gasteiger partial charge in [0.05, 0.1) is 11.9 Å². The highest BCUT2D eigenvalue weighted by Gasteiger charge is 2.27. The molecule has 2 heterocycles. The maximum atomic E-state index is 4.23. The van der Waals surface area contributed by atoms with Gasteiger partial charge >= 0.3 is 0 Å². The largest absolute Gasteiger partial charge is 0.382 e. The summed E-state index contributed by atoms with van der Waals surface area (Å²) in [5.41, 5.74) is 3.85.